The van der Waals surface area contributed by atoms with Gasteiger partial charge in [0.2, 0.25) is 0 Å². The number of alkyl halides is 3. The maximum atomic E-state index is 12.6. The second-order valence-electron chi connectivity index (χ2n) is 5.86. The minimum absolute atomic E-state index is 0.0652. The minimum Gasteiger partial charge on any atom is -0.327 e. The number of halogens is 3. The van der Waals surface area contributed by atoms with Gasteiger partial charge in [0.1, 0.15) is 0 Å². The fraction of sp³-hybridized carbons (Fsp3) is 1.00. The van der Waals surface area contributed by atoms with Crippen molar-refractivity contribution >= 4 is 0 Å². The molecule has 0 aliphatic heterocycles. The molecule has 0 bridgehead atoms. The summed E-state index contributed by atoms with van der Waals surface area (Å²) in [6, 6.07) is 0.0652. The molecule has 1 saturated carbocycles. The van der Waals surface area contributed by atoms with Crippen LogP contribution in [0.4, 0.5) is 13.2 Å². The quantitative estimate of drug-likeness (QED) is 0.808. The number of rotatable bonds is 6. The van der Waals surface area contributed by atoms with Gasteiger partial charge in [-0.05, 0) is 44.1 Å². The second-order valence-corrected chi connectivity index (χ2v) is 5.86. The van der Waals surface area contributed by atoms with Gasteiger partial charge in [-0.3, -0.25) is 4.90 Å². The summed E-state index contributed by atoms with van der Waals surface area (Å²) >= 11 is 0. The van der Waals surface area contributed by atoms with E-state index >= 15 is 0 Å². The van der Waals surface area contributed by atoms with Crippen LogP contribution >= 0.6 is 0 Å². The maximum Gasteiger partial charge on any atom is 0.401 e. The monoisotopic (exact) mass is 280 g/mol. The Labute approximate surface area is 114 Å². The summed E-state index contributed by atoms with van der Waals surface area (Å²) in [5, 5.41) is 0. The zero-order valence-electron chi connectivity index (χ0n) is 12.0. The van der Waals surface area contributed by atoms with Crippen LogP contribution in [0.3, 0.4) is 0 Å². The molecule has 1 fully saturated rings. The first-order valence-electron chi connectivity index (χ1n) is 7.40. The molecule has 0 saturated heterocycles. The summed E-state index contributed by atoms with van der Waals surface area (Å²) < 4.78 is 37.7. The van der Waals surface area contributed by atoms with Crippen molar-refractivity contribution in [2.45, 2.75) is 58.2 Å². The first kappa shape index (κ1) is 16.8. The van der Waals surface area contributed by atoms with Gasteiger partial charge in [0, 0.05) is 12.6 Å². The van der Waals surface area contributed by atoms with Crippen LogP contribution in [0.2, 0.25) is 0 Å². The van der Waals surface area contributed by atoms with Gasteiger partial charge in [-0.15, -0.1) is 0 Å². The first-order valence-corrected chi connectivity index (χ1v) is 7.40. The largest absolute Gasteiger partial charge is 0.401 e. The molecule has 0 aromatic carbocycles. The standard InChI is InChI=1S/C14H27F3N2/c1-3-7-19(10-14(15,16)17)9-12-8-11(4-2)5-6-13(12)18/h11-13H,3-10,18H2,1-2H3. The molecule has 3 atom stereocenters. The van der Waals surface area contributed by atoms with E-state index in [1.54, 1.807) is 0 Å². The number of nitrogens with zero attached hydrogens (tertiary/aromatic N) is 1. The molecule has 2 N–H and O–H groups in total. The van der Waals surface area contributed by atoms with Crippen molar-refractivity contribution in [1.82, 2.24) is 4.90 Å². The van der Waals surface area contributed by atoms with Crippen molar-refractivity contribution < 1.29 is 13.2 Å². The Hall–Kier alpha value is -0.290. The maximum absolute atomic E-state index is 12.6. The number of hydrogen-bond donors (Lipinski definition) is 1. The molecule has 0 spiro atoms. The normalized spacial score (nSPS) is 28.9. The highest BCUT2D eigenvalue weighted by atomic mass is 19.4. The van der Waals surface area contributed by atoms with Gasteiger partial charge in [-0.1, -0.05) is 20.3 Å². The third kappa shape index (κ3) is 6.13. The third-order valence-corrected chi connectivity index (χ3v) is 4.16. The predicted molar refractivity (Wildman–Crippen MR) is 71.9 cm³/mol. The lowest BCUT2D eigenvalue weighted by molar-refractivity contribution is -0.147. The molecular formula is C14H27F3N2. The van der Waals surface area contributed by atoms with Gasteiger partial charge in [0.05, 0.1) is 6.54 Å². The number of nitrogens with two attached hydrogens (primary N) is 1. The van der Waals surface area contributed by atoms with Crippen molar-refractivity contribution in [3.8, 4) is 0 Å². The summed E-state index contributed by atoms with van der Waals surface area (Å²) in [6.45, 7) is 4.25. The highest BCUT2D eigenvalue weighted by molar-refractivity contribution is 4.84. The lowest BCUT2D eigenvalue weighted by atomic mass is 9.77. The minimum atomic E-state index is -4.11. The van der Waals surface area contributed by atoms with Gasteiger partial charge in [0.15, 0.2) is 0 Å². The Morgan fingerprint density at radius 3 is 2.42 bits per heavy atom. The van der Waals surface area contributed by atoms with Crippen LogP contribution in [0.15, 0.2) is 0 Å². The Kier molecular flexibility index (Phi) is 6.60. The van der Waals surface area contributed by atoms with Crippen molar-refractivity contribution in [1.29, 1.82) is 0 Å². The Balaban J connectivity index is 2.55. The van der Waals surface area contributed by atoms with E-state index in [1.165, 1.54) is 4.90 Å². The molecule has 0 radical (unpaired) electrons. The molecule has 1 rings (SSSR count). The molecule has 2 nitrogen and oxygen atoms in total. The Morgan fingerprint density at radius 1 is 1.21 bits per heavy atom. The van der Waals surface area contributed by atoms with Crippen LogP contribution in [0.25, 0.3) is 0 Å². The van der Waals surface area contributed by atoms with E-state index in [0.29, 0.717) is 19.0 Å². The summed E-state index contributed by atoms with van der Waals surface area (Å²) in [4.78, 5) is 1.53. The highest BCUT2D eigenvalue weighted by Gasteiger charge is 2.34. The van der Waals surface area contributed by atoms with Crippen molar-refractivity contribution in [3.05, 3.63) is 0 Å². The van der Waals surface area contributed by atoms with E-state index in [4.69, 9.17) is 5.73 Å². The fourth-order valence-electron chi connectivity index (χ4n) is 3.10. The first-order chi connectivity index (χ1) is 8.85. The lowest BCUT2D eigenvalue weighted by Gasteiger charge is -2.37. The summed E-state index contributed by atoms with van der Waals surface area (Å²) in [5.41, 5.74) is 6.10. The van der Waals surface area contributed by atoms with E-state index in [2.05, 4.69) is 6.92 Å². The average molecular weight is 280 g/mol. The van der Waals surface area contributed by atoms with Gasteiger partial charge in [-0.25, -0.2) is 0 Å². The van der Waals surface area contributed by atoms with E-state index in [0.717, 1.165) is 32.1 Å². The summed E-state index contributed by atoms with van der Waals surface area (Å²) in [7, 11) is 0. The van der Waals surface area contributed by atoms with Crippen LogP contribution in [-0.2, 0) is 0 Å². The molecule has 5 heteroatoms. The van der Waals surface area contributed by atoms with Gasteiger partial charge in [0.25, 0.3) is 0 Å². The zero-order valence-corrected chi connectivity index (χ0v) is 12.0. The van der Waals surface area contributed by atoms with Crippen LogP contribution in [0.1, 0.15) is 46.0 Å². The SMILES string of the molecule is CCCN(CC1CC(CC)CCC1N)CC(F)(F)F. The summed E-state index contributed by atoms with van der Waals surface area (Å²) in [5.74, 6) is 0.853. The molecule has 0 aromatic rings. The van der Waals surface area contributed by atoms with Gasteiger partial charge in [-0.2, -0.15) is 13.2 Å². The van der Waals surface area contributed by atoms with Crippen LogP contribution < -0.4 is 5.73 Å². The number of hydrogen-bond acceptors (Lipinski definition) is 2. The molecule has 1 aliphatic carbocycles. The van der Waals surface area contributed by atoms with E-state index in [9.17, 15) is 13.2 Å². The molecular weight excluding hydrogens is 253 g/mol. The topological polar surface area (TPSA) is 29.3 Å². The van der Waals surface area contributed by atoms with E-state index in [1.807, 2.05) is 6.92 Å². The van der Waals surface area contributed by atoms with Gasteiger partial charge >= 0.3 is 6.18 Å². The van der Waals surface area contributed by atoms with Crippen LogP contribution in [0.5, 0.6) is 0 Å². The fourth-order valence-corrected chi connectivity index (χ4v) is 3.10. The molecule has 0 heterocycles. The smallest absolute Gasteiger partial charge is 0.327 e. The van der Waals surface area contributed by atoms with E-state index < -0.39 is 12.7 Å². The molecule has 3 unspecified atom stereocenters. The van der Waals surface area contributed by atoms with Crippen LogP contribution in [0, 0.1) is 11.8 Å². The zero-order chi connectivity index (χ0) is 14.5. The van der Waals surface area contributed by atoms with Crippen molar-refractivity contribution in [3.63, 3.8) is 0 Å². The summed E-state index contributed by atoms with van der Waals surface area (Å²) in [6.07, 6.45) is 0.801. The van der Waals surface area contributed by atoms with E-state index in [-0.39, 0.29) is 12.0 Å². The Bertz CT molecular complexity index is 256. The van der Waals surface area contributed by atoms with Crippen molar-refractivity contribution in [2.24, 2.45) is 17.6 Å². The molecule has 0 aromatic heterocycles. The third-order valence-electron chi connectivity index (χ3n) is 4.16. The van der Waals surface area contributed by atoms with Crippen LogP contribution in [-0.4, -0.2) is 36.8 Å². The molecule has 114 valence electrons. The van der Waals surface area contributed by atoms with Crippen molar-refractivity contribution in [2.75, 3.05) is 19.6 Å². The molecule has 19 heavy (non-hydrogen) atoms. The molecule has 1 aliphatic rings. The highest BCUT2D eigenvalue weighted by Crippen LogP contribution is 2.31. The Morgan fingerprint density at radius 2 is 1.89 bits per heavy atom. The van der Waals surface area contributed by atoms with Gasteiger partial charge < -0.3 is 5.73 Å². The average Bonchev–Trinajstić information content (AvgIpc) is 2.30. The predicted octanol–water partition coefficient (Wildman–Crippen LogP) is 3.41. The molecule has 0 amide bonds. The second kappa shape index (κ2) is 7.48. The lowest BCUT2D eigenvalue weighted by Crippen LogP contribution is -2.45.